The highest BCUT2D eigenvalue weighted by molar-refractivity contribution is 9.10. The van der Waals surface area contributed by atoms with Gasteiger partial charge in [0.15, 0.2) is 27.7 Å². The van der Waals surface area contributed by atoms with Gasteiger partial charge in [-0.1, -0.05) is 28.1 Å². The molecule has 272 valence electrons. The topological polar surface area (TPSA) is 125 Å². The molecule has 0 spiro atoms. The van der Waals surface area contributed by atoms with Gasteiger partial charge in [-0.05, 0) is 84.6 Å². The van der Waals surface area contributed by atoms with Crippen LogP contribution in [-0.4, -0.2) is 58.7 Å². The van der Waals surface area contributed by atoms with Crippen molar-refractivity contribution in [2.45, 2.75) is 10.1 Å². The van der Waals surface area contributed by atoms with Crippen LogP contribution in [0.15, 0.2) is 137 Å². The zero-order chi connectivity index (χ0) is 38.1. The Kier molecular flexibility index (Phi) is 9.96. The molecule has 0 fully saturated rings. The molecule has 8 heterocycles. The Morgan fingerprint density at radius 3 is 1.91 bits per heavy atom. The Balaban J connectivity index is 0.000000130. The van der Waals surface area contributed by atoms with Gasteiger partial charge in [0.05, 0.1) is 23.4 Å². The van der Waals surface area contributed by atoms with E-state index in [1.807, 2.05) is 87.3 Å². The molecule has 0 aliphatic heterocycles. The molecule has 0 atom stereocenters. The quantitative estimate of drug-likeness (QED) is 0.173. The van der Waals surface area contributed by atoms with Crippen molar-refractivity contribution in [1.29, 1.82) is 0 Å². The molecule has 0 unspecified atom stereocenters. The van der Waals surface area contributed by atoms with Crippen LogP contribution in [0.2, 0.25) is 0 Å². The van der Waals surface area contributed by atoms with Gasteiger partial charge in [-0.2, -0.15) is 15.3 Å². The Morgan fingerprint density at radius 1 is 0.673 bits per heavy atom. The van der Waals surface area contributed by atoms with Crippen LogP contribution in [0.4, 0.5) is 8.78 Å². The molecule has 12 nitrogen and oxygen atoms in total. The van der Waals surface area contributed by atoms with Gasteiger partial charge in [0.2, 0.25) is 5.16 Å². The van der Waals surface area contributed by atoms with Gasteiger partial charge in [-0.3, -0.25) is 33.2 Å². The second-order valence-corrected chi connectivity index (χ2v) is 14.5. The maximum atomic E-state index is 14.5. The largest absolute Gasteiger partial charge is 0.275 e. The number of hydrogen-bond donors (Lipinski definition) is 1. The Morgan fingerprint density at radius 2 is 1.27 bits per heavy atom. The highest BCUT2D eigenvalue weighted by Crippen LogP contribution is 2.31. The third-order valence-electron chi connectivity index (χ3n) is 8.32. The second-order valence-electron chi connectivity index (χ2n) is 12.2. The minimum absolute atomic E-state index is 0.197. The van der Waals surface area contributed by atoms with Crippen LogP contribution < -0.4 is 0 Å². The van der Waals surface area contributed by atoms with E-state index in [-0.39, 0.29) is 11.3 Å². The fourth-order valence-corrected chi connectivity index (χ4v) is 7.11. The average molecular weight is 834 g/mol. The van der Waals surface area contributed by atoms with Gasteiger partial charge in [0, 0.05) is 93.7 Å². The van der Waals surface area contributed by atoms with E-state index in [2.05, 4.69) is 62.6 Å². The SMILES string of the molecule is Brc1ccc2ncccc2c1.Cn1cc(-c2cc(F)c3n[nH]c(=S)n3c2)cn1.Cn1cc(-c2cc(F)c3nnc(Sc4ccc5ncccc5c4)n3c2)cn1. The van der Waals surface area contributed by atoms with Gasteiger partial charge in [0.25, 0.3) is 0 Å². The molecule has 0 saturated carbocycles. The summed E-state index contributed by atoms with van der Waals surface area (Å²) in [7, 11) is 3.63. The highest BCUT2D eigenvalue weighted by Gasteiger charge is 2.15. The number of aromatic amines is 1. The summed E-state index contributed by atoms with van der Waals surface area (Å²) in [6, 6.07) is 22.8. The third kappa shape index (κ3) is 7.75. The van der Waals surface area contributed by atoms with Crippen LogP contribution >= 0.6 is 39.9 Å². The molecule has 0 bridgehead atoms. The van der Waals surface area contributed by atoms with Gasteiger partial charge >= 0.3 is 0 Å². The molecule has 0 aliphatic rings. The minimum atomic E-state index is -0.418. The van der Waals surface area contributed by atoms with E-state index in [9.17, 15) is 8.78 Å². The summed E-state index contributed by atoms with van der Waals surface area (Å²) in [5.74, 6) is -0.836. The number of aromatic nitrogens is 12. The van der Waals surface area contributed by atoms with E-state index >= 15 is 0 Å². The summed E-state index contributed by atoms with van der Waals surface area (Å²) < 4.78 is 36.3. The number of rotatable bonds is 4. The number of nitrogens with one attached hydrogen (secondary N) is 1. The van der Waals surface area contributed by atoms with Crippen molar-refractivity contribution in [2.24, 2.45) is 14.1 Å². The molecule has 10 aromatic rings. The van der Waals surface area contributed by atoms with Gasteiger partial charge in [-0.25, -0.2) is 8.78 Å². The number of aryl methyl sites for hydroxylation is 2. The summed E-state index contributed by atoms with van der Waals surface area (Å²) in [4.78, 5) is 9.51. The summed E-state index contributed by atoms with van der Waals surface area (Å²) in [5, 5.41) is 25.5. The molecule has 0 saturated heterocycles. The lowest BCUT2D eigenvalue weighted by Crippen LogP contribution is -1.93. The maximum absolute atomic E-state index is 14.5. The first-order chi connectivity index (χ1) is 26.7. The van der Waals surface area contributed by atoms with Crippen LogP contribution in [0.25, 0.3) is 55.4 Å². The lowest BCUT2D eigenvalue weighted by molar-refractivity contribution is 0.629. The summed E-state index contributed by atoms with van der Waals surface area (Å²) in [6.07, 6.45) is 14.2. The van der Waals surface area contributed by atoms with Crippen LogP contribution in [0.1, 0.15) is 0 Å². The van der Waals surface area contributed by atoms with Crippen molar-refractivity contribution in [2.75, 3.05) is 0 Å². The van der Waals surface area contributed by atoms with Gasteiger partial charge in [0.1, 0.15) is 0 Å². The van der Waals surface area contributed by atoms with Crippen molar-refractivity contribution in [3.05, 3.63) is 143 Å². The Bertz CT molecular complexity index is 3040. The van der Waals surface area contributed by atoms with E-state index in [1.54, 1.807) is 44.7 Å². The number of pyridine rings is 4. The molecule has 17 heteroatoms. The zero-order valence-electron chi connectivity index (χ0n) is 28.9. The number of fused-ring (bicyclic) bond motifs is 4. The van der Waals surface area contributed by atoms with Crippen LogP contribution in [0.3, 0.4) is 0 Å². The molecule has 10 rings (SSSR count). The highest BCUT2D eigenvalue weighted by atomic mass is 79.9. The predicted octanol–water partition coefficient (Wildman–Crippen LogP) is 8.90. The molecule has 0 radical (unpaired) electrons. The summed E-state index contributed by atoms with van der Waals surface area (Å²) in [5.41, 5.74) is 5.46. The molecule has 55 heavy (non-hydrogen) atoms. The molecule has 0 aliphatic carbocycles. The van der Waals surface area contributed by atoms with Crippen molar-refractivity contribution in [1.82, 2.24) is 58.7 Å². The zero-order valence-corrected chi connectivity index (χ0v) is 32.1. The van der Waals surface area contributed by atoms with E-state index in [0.29, 0.717) is 15.5 Å². The second kappa shape index (κ2) is 15.3. The van der Waals surface area contributed by atoms with E-state index in [0.717, 1.165) is 42.5 Å². The van der Waals surface area contributed by atoms with Crippen LogP contribution in [-0.2, 0) is 14.1 Å². The van der Waals surface area contributed by atoms with Crippen molar-refractivity contribution in [3.63, 3.8) is 0 Å². The standard InChI is InChI=1S/C19H13FN6S.C10H8FN5S.C9H6BrN/c1-25-10-14(9-22-25)13-8-16(20)18-23-24-19(26(18)11-13)27-15-4-5-17-12(7-15)3-2-6-21-17;1-15-4-7(3-12-15)6-2-8(11)9-13-14-10(17)16(9)5-6;10-8-3-4-9-7(6-8)2-1-5-11-9/h2-11H,1H3;2-5H,1H3,(H,14,17);1-6H. The van der Waals surface area contributed by atoms with E-state index < -0.39 is 11.6 Å². The van der Waals surface area contributed by atoms with Crippen LogP contribution in [0.5, 0.6) is 0 Å². The Labute approximate surface area is 328 Å². The van der Waals surface area contributed by atoms with Gasteiger partial charge in [-0.15, -0.1) is 10.2 Å². The third-order valence-corrected chi connectivity index (χ3v) is 10.1. The average Bonchev–Trinajstić information content (AvgIpc) is 4.00. The molecule has 1 N–H and O–H groups in total. The van der Waals surface area contributed by atoms with Gasteiger partial charge < -0.3 is 0 Å². The Hall–Kier alpha value is -6.17. The molecule has 0 amide bonds. The minimum Gasteiger partial charge on any atom is -0.275 e. The van der Waals surface area contributed by atoms with E-state index in [1.165, 1.54) is 33.7 Å². The van der Waals surface area contributed by atoms with Crippen LogP contribution in [0, 0.1) is 16.4 Å². The molecule has 2 aromatic carbocycles. The van der Waals surface area contributed by atoms with Crippen molar-refractivity contribution < 1.29 is 8.78 Å². The first kappa shape index (κ1) is 35.8. The van der Waals surface area contributed by atoms with Crippen molar-refractivity contribution >= 4 is 73.0 Å². The van der Waals surface area contributed by atoms with E-state index in [4.69, 9.17) is 12.2 Å². The summed E-state index contributed by atoms with van der Waals surface area (Å²) >= 11 is 9.85. The van der Waals surface area contributed by atoms with Crippen molar-refractivity contribution in [3.8, 4) is 22.3 Å². The predicted molar refractivity (Wildman–Crippen MR) is 213 cm³/mol. The lowest BCUT2D eigenvalue weighted by Gasteiger charge is -2.04. The summed E-state index contributed by atoms with van der Waals surface area (Å²) in [6.45, 7) is 0. The monoisotopic (exact) mass is 832 g/mol. The number of H-pyrrole nitrogens is 1. The fraction of sp³-hybridized carbons (Fsp3) is 0.0526. The number of hydrogen-bond acceptors (Lipinski definition) is 9. The number of nitrogens with zero attached hydrogens (tertiary/aromatic N) is 11. The maximum Gasteiger partial charge on any atom is 0.200 e. The molecule has 8 aromatic heterocycles. The smallest absolute Gasteiger partial charge is 0.200 e. The first-order valence-corrected chi connectivity index (χ1v) is 18.5. The number of benzene rings is 2. The fourth-order valence-electron chi connectivity index (χ4n) is 5.70. The molecular weight excluding hydrogens is 807 g/mol. The first-order valence-electron chi connectivity index (χ1n) is 16.5. The number of halogens is 3. The normalized spacial score (nSPS) is 11.1. The molecular formula is C38H27BrF2N12S2. The lowest BCUT2D eigenvalue weighted by atomic mass is 10.1.